The van der Waals surface area contributed by atoms with Gasteiger partial charge in [0, 0.05) is 18.3 Å². The van der Waals surface area contributed by atoms with E-state index in [0.717, 1.165) is 24.6 Å². The van der Waals surface area contributed by atoms with Gasteiger partial charge < -0.3 is 10.6 Å². The van der Waals surface area contributed by atoms with Crippen molar-refractivity contribution in [3.63, 3.8) is 0 Å². The largest absolute Gasteiger partial charge is 0.370 e. The van der Waals surface area contributed by atoms with Crippen LogP contribution in [-0.4, -0.2) is 30.1 Å². The predicted octanol–water partition coefficient (Wildman–Crippen LogP) is 1.87. The molecule has 0 aliphatic rings. The highest BCUT2D eigenvalue weighted by atomic mass is 15.0. The average molecular weight is 222 g/mol. The lowest BCUT2D eigenvalue weighted by atomic mass is 10.1. The van der Waals surface area contributed by atoms with Gasteiger partial charge in [-0.15, -0.1) is 0 Å². The minimum Gasteiger partial charge on any atom is -0.370 e. The molecule has 1 heterocycles. The van der Waals surface area contributed by atoms with E-state index in [1.165, 1.54) is 0 Å². The van der Waals surface area contributed by atoms with E-state index >= 15 is 0 Å². The average Bonchev–Trinajstić information content (AvgIpc) is 2.27. The van der Waals surface area contributed by atoms with Crippen LogP contribution in [0.3, 0.4) is 0 Å². The molecule has 0 amide bonds. The summed E-state index contributed by atoms with van der Waals surface area (Å²) in [5.41, 5.74) is 1.08. The topological polar surface area (TPSA) is 49.8 Å². The van der Waals surface area contributed by atoms with Crippen molar-refractivity contribution in [2.45, 2.75) is 26.7 Å². The molecule has 0 aliphatic carbocycles. The first-order chi connectivity index (χ1) is 7.63. The third kappa shape index (κ3) is 4.14. The Morgan fingerprint density at radius 2 is 1.94 bits per heavy atom. The lowest BCUT2D eigenvalue weighted by Gasteiger charge is -2.13. The first kappa shape index (κ1) is 12.9. The maximum absolute atomic E-state index is 4.24. The van der Waals surface area contributed by atoms with Gasteiger partial charge in [-0.05, 0) is 25.4 Å². The number of anilines is 1. The molecule has 0 aromatic carbocycles. The van der Waals surface area contributed by atoms with Gasteiger partial charge in [0.25, 0.3) is 0 Å². The molecule has 0 radical (unpaired) electrons. The van der Waals surface area contributed by atoms with Crippen LogP contribution in [0, 0.1) is 5.92 Å². The van der Waals surface area contributed by atoms with E-state index in [-0.39, 0.29) is 0 Å². The third-order valence-corrected chi connectivity index (χ3v) is 2.46. The summed E-state index contributed by atoms with van der Waals surface area (Å²) in [6, 6.07) is 2.02. The Morgan fingerprint density at radius 1 is 1.19 bits per heavy atom. The van der Waals surface area contributed by atoms with Crippen molar-refractivity contribution in [1.29, 1.82) is 0 Å². The molecule has 2 N–H and O–H groups in total. The Kier molecular flexibility index (Phi) is 5.19. The zero-order valence-corrected chi connectivity index (χ0v) is 10.6. The van der Waals surface area contributed by atoms with Crippen molar-refractivity contribution >= 4 is 5.82 Å². The van der Waals surface area contributed by atoms with Gasteiger partial charge in [-0.1, -0.05) is 20.8 Å². The Bertz CT molecular complexity index is 312. The fourth-order valence-corrected chi connectivity index (χ4v) is 1.48. The Morgan fingerprint density at radius 3 is 2.56 bits per heavy atom. The first-order valence-corrected chi connectivity index (χ1v) is 5.84. The fourth-order valence-electron chi connectivity index (χ4n) is 1.48. The maximum atomic E-state index is 4.24. The molecule has 0 bridgehead atoms. The second-order valence-electron chi connectivity index (χ2n) is 4.53. The van der Waals surface area contributed by atoms with Gasteiger partial charge in [-0.25, -0.2) is 9.97 Å². The van der Waals surface area contributed by atoms with Crippen molar-refractivity contribution in [2.24, 2.45) is 5.92 Å². The molecule has 4 nitrogen and oxygen atoms in total. The summed E-state index contributed by atoms with van der Waals surface area (Å²) < 4.78 is 0. The molecule has 0 saturated heterocycles. The fraction of sp³-hybridized carbons (Fsp3) is 0.667. The number of hydrogen-bond donors (Lipinski definition) is 2. The smallest absolute Gasteiger partial charge is 0.129 e. The normalized spacial score (nSPS) is 12.8. The summed E-state index contributed by atoms with van der Waals surface area (Å²) >= 11 is 0. The molecule has 1 atom stereocenters. The predicted molar refractivity (Wildman–Crippen MR) is 67.7 cm³/mol. The molecule has 1 unspecified atom stereocenters. The number of aromatic nitrogens is 2. The van der Waals surface area contributed by atoms with Crippen molar-refractivity contribution in [1.82, 2.24) is 15.3 Å². The van der Waals surface area contributed by atoms with Crippen molar-refractivity contribution in [3.05, 3.63) is 18.1 Å². The van der Waals surface area contributed by atoms with Crippen LogP contribution in [0.15, 0.2) is 12.4 Å². The molecule has 90 valence electrons. The molecular formula is C12H22N4. The number of rotatable bonds is 6. The van der Waals surface area contributed by atoms with Crippen LogP contribution in [-0.2, 0) is 0 Å². The minimum absolute atomic E-state index is 0.443. The molecule has 4 heteroatoms. The summed E-state index contributed by atoms with van der Waals surface area (Å²) in [7, 11) is 1.97. The molecule has 16 heavy (non-hydrogen) atoms. The molecular weight excluding hydrogens is 200 g/mol. The van der Waals surface area contributed by atoms with Gasteiger partial charge in [-0.2, -0.15) is 0 Å². The molecule has 0 spiro atoms. The van der Waals surface area contributed by atoms with Gasteiger partial charge in [0.1, 0.15) is 12.1 Å². The third-order valence-electron chi connectivity index (χ3n) is 2.46. The number of nitrogens with one attached hydrogen (secondary N) is 2. The highest BCUT2D eigenvalue weighted by Gasteiger charge is 2.04. The summed E-state index contributed by atoms with van der Waals surface area (Å²) in [6.07, 6.45) is 1.63. The van der Waals surface area contributed by atoms with Crippen LogP contribution in [0.5, 0.6) is 0 Å². The van der Waals surface area contributed by atoms with Crippen LogP contribution in [0.4, 0.5) is 5.82 Å². The Balaban J connectivity index is 2.50. The van der Waals surface area contributed by atoms with Crippen molar-refractivity contribution in [2.75, 3.05) is 25.5 Å². The summed E-state index contributed by atoms with van der Waals surface area (Å²) in [4.78, 5) is 8.45. The second kappa shape index (κ2) is 6.43. The molecule has 0 saturated carbocycles. The maximum Gasteiger partial charge on any atom is 0.129 e. The highest BCUT2D eigenvalue weighted by Crippen LogP contribution is 2.13. The lowest BCUT2D eigenvalue weighted by Crippen LogP contribution is -2.23. The monoisotopic (exact) mass is 222 g/mol. The van der Waals surface area contributed by atoms with Crippen LogP contribution < -0.4 is 10.6 Å². The first-order valence-electron chi connectivity index (χ1n) is 5.84. The van der Waals surface area contributed by atoms with E-state index in [1.807, 2.05) is 13.1 Å². The molecule has 1 rings (SSSR count). The number of nitrogens with zero attached hydrogens (tertiary/aromatic N) is 2. The zero-order chi connectivity index (χ0) is 12.0. The lowest BCUT2D eigenvalue weighted by molar-refractivity contribution is 0.568. The molecule has 0 aliphatic heterocycles. The summed E-state index contributed by atoms with van der Waals surface area (Å²) in [5, 5.41) is 6.49. The van der Waals surface area contributed by atoms with Crippen LogP contribution in [0.1, 0.15) is 32.4 Å². The molecule has 0 fully saturated rings. The van der Waals surface area contributed by atoms with E-state index in [4.69, 9.17) is 0 Å². The van der Waals surface area contributed by atoms with Crippen LogP contribution in [0.25, 0.3) is 0 Å². The highest BCUT2D eigenvalue weighted by molar-refractivity contribution is 5.35. The van der Waals surface area contributed by atoms with Crippen LogP contribution in [0.2, 0.25) is 0 Å². The van der Waals surface area contributed by atoms with E-state index in [2.05, 4.69) is 41.4 Å². The molecule has 1 aromatic heterocycles. The Hall–Kier alpha value is -1.16. The van der Waals surface area contributed by atoms with E-state index in [0.29, 0.717) is 11.8 Å². The summed E-state index contributed by atoms with van der Waals surface area (Å²) in [5.74, 6) is 1.95. The van der Waals surface area contributed by atoms with Gasteiger partial charge in [0.2, 0.25) is 0 Å². The summed E-state index contributed by atoms with van der Waals surface area (Å²) in [6.45, 7) is 8.41. The van der Waals surface area contributed by atoms with E-state index < -0.39 is 0 Å². The van der Waals surface area contributed by atoms with Crippen LogP contribution >= 0.6 is 0 Å². The van der Waals surface area contributed by atoms with E-state index in [9.17, 15) is 0 Å². The minimum atomic E-state index is 0.443. The standard InChI is InChI=1S/C12H22N4/c1-9(2)11-5-12(16-8-15-11)14-7-10(3)6-13-4/h5,8-10,13H,6-7H2,1-4H3,(H,14,15,16). The Labute approximate surface area is 97.9 Å². The quantitative estimate of drug-likeness (QED) is 0.771. The van der Waals surface area contributed by atoms with Crippen molar-refractivity contribution < 1.29 is 0 Å². The molecule has 1 aromatic rings. The van der Waals surface area contributed by atoms with Crippen molar-refractivity contribution in [3.8, 4) is 0 Å². The second-order valence-corrected chi connectivity index (χ2v) is 4.53. The van der Waals surface area contributed by atoms with Gasteiger partial charge in [-0.3, -0.25) is 0 Å². The SMILES string of the molecule is CNCC(C)CNc1cc(C(C)C)ncn1. The number of hydrogen-bond acceptors (Lipinski definition) is 4. The van der Waals surface area contributed by atoms with Gasteiger partial charge in [0.15, 0.2) is 0 Å². The van der Waals surface area contributed by atoms with E-state index in [1.54, 1.807) is 6.33 Å². The van der Waals surface area contributed by atoms with Gasteiger partial charge in [0.05, 0.1) is 0 Å². The van der Waals surface area contributed by atoms with Gasteiger partial charge >= 0.3 is 0 Å². The zero-order valence-electron chi connectivity index (χ0n) is 10.6.